The van der Waals surface area contributed by atoms with E-state index in [2.05, 4.69) is 58.9 Å². The second-order valence-corrected chi connectivity index (χ2v) is 8.58. The smallest absolute Gasteiger partial charge is 0.403 e. The molecule has 3 aliphatic carbocycles. The summed E-state index contributed by atoms with van der Waals surface area (Å²) in [7, 11) is -0.0200. The summed E-state index contributed by atoms with van der Waals surface area (Å²) in [5, 5.41) is 0.271. The van der Waals surface area contributed by atoms with Crippen molar-refractivity contribution in [3.8, 4) is 0 Å². The first kappa shape index (κ1) is 13.8. The third-order valence-corrected chi connectivity index (χ3v) is 6.54. The van der Waals surface area contributed by atoms with Crippen LogP contribution >= 0.6 is 0 Å². The lowest BCUT2D eigenvalue weighted by Gasteiger charge is -2.71. The van der Waals surface area contributed by atoms with E-state index in [1.807, 2.05) is 0 Å². The van der Waals surface area contributed by atoms with E-state index in [1.54, 1.807) is 5.56 Å². The van der Waals surface area contributed by atoms with Crippen molar-refractivity contribution in [1.29, 1.82) is 0 Å². The van der Waals surface area contributed by atoms with Gasteiger partial charge in [0.25, 0.3) is 0 Å². The fraction of sp³-hybridized carbons (Fsp3) is 0.667. The Balaban J connectivity index is 1.53. The number of hydrogen-bond donors (Lipinski definition) is 0. The molecule has 0 unspecified atom stereocenters. The summed E-state index contributed by atoms with van der Waals surface area (Å²) in [6.45, 7) is 10.8. The van der Waals surface area contributed by atoms with Crippen LogP contribution in [-0.4, -0.2) is 18.3 Å². The average Bonchev–Trinajstić information content (AvgIpc) is 2.47. The third-order valence-electron chi connectivity index (χ3n) is 6.54. The molecular weight excluding hydrogens is 259 g/mol. The van der Waals surface area contributed by atoms with Crippen LogP contribution in [0.5, 0.6) is 0 Å². The minimum Gasteiger partial charge on any atom is -0.403 e. The first-order valence-corrected chi connectivity index (χ1v) is 8.12. The van der Waals surface area contributed by atoms with Gasteiger partial charge in [-0.05, 0) is 70.4 Å². The lowest BCUT2D eigenvalue weighted by molar-refractivity contribution is -0.0387. The molecule has 0 amide bonds. The molecule has 1 aromatic carbocycles. The summed E-state index contributed by atoms with van der Waals surface area (Å²) in [5.74, 6) is 0. The summed E-state index contributed by atoms with van der Waals surface area (Å²) in [6.07, 6.45) is 3.67. The van der Waals surface area contributed by atoms with Crippen LogP contribution in [0.3, 0.4) is 0 Å². The molecule has 0 aromatic heterocycles. The molecule has 21 heavy (non-hydrogen) atoms. The summed E-state index contributed by atoms with van der Waals surface area (Å²) >= 11 is 0. The van der Waals surface area contributed by atoms with E-state index in [9.17, 15) is 0 Å². The SMILES string of the molecule is Cc1ccccc1C12CC(B3OC(C)(C)C(C)(C)O3)(C1)C2. The van der Waals surface area contributed by atoms with E-state index in [1.165, 1.54) is 24.8 Å². The molecule has 4 aliphatic rings. The quantitative estimate of drug-likeness (QED) is 0.755. The van der Waals surface area contributed by atoms with Crippen molar-refractivity contribution >= 4 is 7.12 Å². The van der Waals surface area contributed by atoms with Gasteiger partial charge in [-0.15, -0.1) is 0 Å². The van der Waals surface area contributed by atoms with E-state index >= 15 is 0 Å². The van der Waals surface area contributed by atoms with Crippen molar-refractivity contribution in [3.63, 3.8) is 0 Å². The van der Waals surface area contributed by atoms with Crippen LogP contribution < -0.4 is 0 Å². The Bertz CT molecular complexity index is 569. The molecule has 1 saturated heterocycles. The molecule has 3 saturated carbocycles. The fourth-order valence-corrected chi connectivity index (χ4v) is 4.66. The summed E-state index contributed by atoms with van der Waals surface area (Å²) in [4.78, 5) is 0. The van der Waals surface area contributed by atoms with Gasteiger partial charge in [-0.2, -0.15) is 0 Å². The van der Waals surface area contributed by atoms with E-state index in [0.29, 0.717) is 5.41 Å². The van der Waals surface area contributed by atoms with Gasteiger partial charge < -0.3 is 9.31 Å². The minimum absolute atomic E-state index is 0.0200. The molecule has 0 atom stereocenters. The topological polar surface area (TPSA) is 18.5 Å². The Morgan fingerprint density at radius 2 is 1.43 bits per heavy atom. The summed E-state index contributed by atoms with van der Waals surface area (Å²) in [6, 6.07) is 8.85. The van der Waals surface area contributed by atoms with Crippen LogP contribution in [0.2, 0.25) is 5.31 Å². The van der Waals surface area contributed by atoms with Crippen molar-refractivity contribution in [3.05, 3.63) is 35.4 Å². The highest BCUT2D eigenvalue weighted by molar-refractivity contribution is 6.51. The van der Waals surface area contributed by atoms with E-state index in [0.717, 1.165) is 0 Å². The molecular formula is C18H25BO2. The second kappa shape index (κ2) is 3.75. The normalized spacial score (nSPS) is 38.8. The zero-order chi connectivity index (χ0) is 15.1. The standard InChI is InChI=1S/C18H25BO2/c1-13-8-6-7-9-14(13)17-10-18(11-17,12-17)19-20-15(2,3)16(4,5)21-19/h6-9H,10-12H2,1-5H3. The van der Waals surface area contributed by atoms with E-state index in [4.69, 9.17) is 9.31 Å². The summed E-state index contributed by atoms with van der Waals surface area (Å²) in [5.41, 5.74) is 2.98. The van der Waals surface area contributed by atoms with Crippen molar-refractivity contribution in [2.45, 2.75) is 75.8 Å². The van der Waals surface area contributed by atoms with E-state index in [-0.39, 0.29) is 23.6 Å². The first-order chi connectivity index (χ1) is 9.70. The molecule has 2 nitrogen and oxygen atoms in total. The molecule has 0 radical (unpaired) electrons. The lowest BCUT2D eigenvalue weighted by atomic mass is 9.23. The van der Waals surface area contributed by atoms with Crippen LogP contribution in [0, 0.1) is 6.92 Å². The van der Waals surface area contributed by atoms with Gasteiger partial charge in [0, 0.05) is 5.31 Å². The lowest BCUT2D eigenvalue weighted by Crippen LogP contribution is -2.66. The zero-order valence-corrected chi connectivity index (χ0v) is 13.8. The van der Waals surface area contributed by atoms with Gasteiger partial charge in [-0.1, -0.05) is 24.3 Å². The highest BCUT2D eigenvalue weighted by Gasteiger charge is 2.76. The molecule has 0 spiro atoms. The Morgan fingerprint density at radius 3 is 1.95 bits per heavy atom. The summed E-state index contributed by atoms with van der Waals surface area (Å²) < 4.78 is 12.6. The minimum atomic E-state index is -0.205. The fourth-order valence-electron chi connectivity index (χ4n) is 4.66. The van der Waals surface area contributed by atoms with Gasteiger partial charge in [0.1, 0.15) is 0 Å². The number of aryl methyl sites for hydroxylation is 1. The Labute approximate surface area is 128 Å². The van der Waals surface area contributed by atoms with Gasteiger partial charge >= 0.3 is 7.12 Å². The Hall–Kier alpha value is -0.795. The molecule has 1 heterocycles. The average molecular weight is 284 g/mol. The Kier molecular flexibility index (Phi) is 2.47. The van der Waals surface area contributed by atoms with Crippen molar-refractivity contribution in [1.82, 2.24) is 0 Å². The molecule has 1 aromatic rings. The monoisotopic (exact) mass is 284 g/mol. The largest absolute Gasteiger partial charge is 0.464 e. The molecule has 1 aliphatic heterocycles. The molecule has 0 N–H and O–H groups in total. The maximum Gasteiger partial charge on any atom is 0.464 e. The highest BCUT2D eigenvalue weighted by atomic mass is 16.7. The van der Waals surface area contributed by atoms with Crippen LogP contribution in [0.15, 0.2) is 24.3 Å². The maximum atomic E-state index is 6.30. The molecule has 3 heteroatoms. The van der Waals surface area contributed by atoms with Crippen molar-refractivity contribution in [2.75, 3.05) is 0 Å². The number of rotatable bonds is 2. The van der Waals surface area contributed by atoms with Gasteiger partial charge in [0.15, 0.2) is 0 Å². The molecule has 2 bridgehead atoms. The molecule has 4 fully saturated rings. The van der Waals surface area contributed by atoms with Crippen LogP contribution in [0.25, 0.3) is 0 Å². The van der Waals surface area contributed by atoms with Crippen LogP contribution in [-0.2, 0) is 14.7 Å². The first-order valence-electron chi connectivity index (χ1n) is 8.12. The van der Waals surface area contributed by atoms with Gasteiger partial charge in [-0.25, -0.2) is 0 Å². The predicted molar refractivity (Wildman–Crippen MR) is 85.5 cm³/mol. The molecule has 5 rings (SSSR count). The number of benzene rings is 1. The van der Waals surface area contributed by atoms with Crippen LogP contribution in [0.1, 0.15) is 58.1 Å². The maximum absolute atomic E-state index is 6.30. The van der Waals surface area contributed by atoms with Crippen LogP contribution in [0.4, 0.5) is 0 Å². The highest BCUT2D eigenvalue weighted by Crippen LogP contribution is 2.81. The van der Waals surface area contributed by atoms with Crippen molar-refractivity contribution in [2.24, 2.45) is 0 Å². The van der Waals surface area contributed by atoms with Gasteiger partial charge in [0.05, 0.1) is 11.2 Å². The molecule has 112 valence electrons. The predicted octanol–water partition coefficient (Wildman–Crippen LogP) is 4.26. The van der Waals surface area contributed by atoms with Gasteiger partial charge in [-0.3, -0.25) is 0 Å². The van der Waals surface area contributed by atoms with E-state index < -0.39 is 0 Å². The number of hydrogen-bond acceptors (Lipinski definition) is 2. The van der Waals surface area contributed by atoms with Crippen molar-refractivity contribution < 1.29 is 9.31 Å². The van der Waals surface area contributed by atoms with Gasteiger partial charge in [0.2, 0.25) is 0 Å². The second-order valence-electron chi connectivity index (χ2n) is 8.58. The zero-order valence-electron chi connectivity index (χ0n) is 13.8. The third kappa shape index (κ3) is 1.62. The Morgan fingerprint density at radius 1 is 0.905 bits per heavy atom.